The van der Waals surface area contributed by atoms with E-state index in [0.29, 0.717) is 24.4 Å². The Balaban J connectivity index is 1.80. The number of amides is 3. The summed E-state index contributed by atoms with van der Waals surface area (Å²) >= 11 is 3.27. The van der Waals surface area contributed by atoms with Crippen molar-refractivity contribution in [1.82, 2.24) is 15.5 Å². The Kier molecular flexibility index (Phi) is 7.07. The van der Waals surface area contributed by atoms with E-state index in [9.17, 15) is 14.4 Å². The number of nitrogens with one attached hydrogen (secondary N) is 2. The van der Waals surface area contributed by atoms with E-state index in [1.54, 1.807) is 28.4 Å². The number of hydrogen-bond donors (Lipinski definition) is 2. The molecule has 3 amide bonds. The van der Waals surface area contributed by atoms with Crippen LogP contribution in [0.3, 0.4) is 0 Å². The Morgan fingerprint density at radius 2 is 1.97 bits per heavy atom. The standard InChI is InChI=1S/C22H31N3O3S2/c1-13(2)12-23-18(26)16(10-11-29-5)24-19(27)17-22(3,4)30-21-15-9-7-6-8-14(15)20(28)25(17)21/h6-9,13,16-17,21H,10-12H2,1-5H3,(H,23,26)(H,24,27)/t16-,17+,21-/m0/s1. The zero-order valence-corrected chi connectivity index (χ0v) is 19.9. The Bertz CT molecular complexity index is 828. The number of hydrogen-bond acceptors (Lipinski definition) is 5. The van der Waals surface area contributed by atoms with Crippen molar-refractivity contribution in [2.75, 3.05) is 18.6 Å². The molecular weight excluding hydrogens is 418 g/mol. The molecule has 1 aromatic rings. The maximum atomic E-state index is 13.4. The molecule has 2 aliphatic heterocycles. The van der Waals surface area contributed by atoms with E-state index in [-0.39, 0.29) is 23.1 Å². The zero-order chi connectivity index (χ0) is 22.1. The predicted molar refractivity (Wildman–Crippen MR) is 124 cm³/mol. The summed E-state index contributed by atoms with van der Waals surface area (Å²) in [6, 6.07) is 6.31. The van der Waals surface area contributed by atoms with Crippen LogP contribution in [0.4, 0.5) is 0 Å². The van der Waals surface area contributed by atoms with Crippen molar-refractivity contribution in [3.63, 3.8) is 0 Å². The van der Waals surface area contributed by atoms with E-state index in [2.05, 4.69) is 10.6 Å². The molecule has 0 bridgehead atoms. The average molecular weight is 450 g/mol. The van der Waals surface area contributed by atoms with Crippen LogP contribution in [0.25, 0.3) is 0 Å². The smallest absolute Gasteiger partial charge is 0.256 e. The van der Waals surface area contributed by atoms with Gasteiger partial charge in [0.05, 0.1) is 0 Å². The molecule has 0 aromatic heterocycles. The summed E-state index contributed by atoms with van der Waals surface area (Å²) in [5, 5.41) is 5.72. The number of fused-ring (bicyclic) bond motifs is 3. The first-order valence-electron chi connectivity index (χ1n) is 10.3. The van der Waals surface area contributed by atoms with Gasteiger partial charge in [-0.25, -0.2) is 0 Å². The topological polar surface area (TPSA) is 78.5 Å². The van der Waals surface area contributed by atoms with Crippen LogP contribution in [-0.4, -0.2) is 58.0 Å². The number of carbonyl (C=O) groups is 3. The Morgan fingerprint density at radius 1 is 1.27 bits per heavy atom. The third-order valence-corrected chi connectivity index (χ3v) is 7.65. The highest BCUT2D eigenvalue weighted by atomic mass is 32.2. The molecule has 3 rings (SSSR count). The molecule has 1 aromatic carbocycles. The molecule has 1 fully saturated rings. The second kappa shape index (κ2) is 9.22. The van der Waals surface area contributed by atoms with Gasteiger partial charge in [0.1, 0.15) is 17.5 Å². The van der Waals surface area contributed by atoms with Gasteiger partial charge in [0.2, 0.25) is 11.8 Å². The number of rotatable bonds is 8. The van der Waals surface area contributed by atoms with E-state index < -0.39 is 16.8 Å². The van der Waals surface area contributed by atoms with Gasteiger partial charge in [-0.3, -0.25) is 14.4 Å². The van der Waals surface area contributed by atoms with E-state index >= 15 is 0 Å². The monoisotopic (exact) mass is 449 g/mol. The first-order chi connectivity index (χ1) is 14.2. The maximum Gasteiger partial charge on any atom is 0.256 e. The van der Waals surface area contributed by atoms with Crippen LogP contribution in [0.15, 0.2) is 24.3 Å². The summed E-state index contributed by atoms with van der Waals surface area (Å²) in [5.41, 5.74) is 1.63. The van der Waals surface area contributed by atoms with Gasteiger partial charge in [0.25, 0.3) is 5.91 Å². The SMILES string of the molecule is CSCC[C@H](NC(=O)[C@H]1N2C(=O)c3ccccc3[C@@H]2SC1(C)C)C(=O)NCC(C)C. The molecule has 2 N–H and O–H groups in total. The quantitative estimate of drug-likeness (QED) is 0.638. The lowest BCUT2D eigenvalue weighted by atomic mass is 10.00. The molecule has 0 radical (unpaired) electrons. The van der Waals surface area contributed by atoms with Crippen LogP contribution < -0.4 is 10.6 Å². The highest BCUT2D eigenvalue weighted by molar-refractivity contribution is 8.01. The summed E-state index contributed by atoms with van der Waals surface area (Å²) in [4.78, 5) is 40.9. The van der Waals surface area contributed by atoms with Gasteiger partial charge in [-0.15, -0.1) is 11.8 Å². The molecular formula is C22H31N3O3S2. The van der Waals surface area contributed by atoms with Crippen LogP contribution in [-0.2, 0) is 9.59 Å². The average Bonchev–Trinajstić information content (AvgIpc) is 3.12. The van der Waals surface area contributed by atoms with Crippen LogP contribution in [0.1, 0.15) is 55.4 Å². The molecule has 0 unspecified atom stereocenters. The molecule has 6 nitrogen and oxygen atoms in total. The van der Waals surface area contributed by atoms with Gasteiger partial charge in [-0.2, -0.15) is 11.8 Å². The van der Waals surface area contributed by atoms with Crippen molar-refractivity contribution in [2.24, 2.45) is 5.92 Å². The Labute approximate surface area is 187 Å². The summed E-state index contributed by atoms with van der Waals surface area (Å²) in [6.45, 7) is 8.62. The maximum absolute atomic E-state index is 13.4. The van der Waals surface area contributed by atoms with Crippen molar-refractivity contribution in [3.05, 3.63) is 35.4 Å². The van der Waals surface area contributed by atoms with E-state index in [4.69, 9.17) is 0 Å². The first kappa shape index (κ1) is 23.0. The minimum absolute atomic E-state index is 0.112. The van der Waals surface area contributed by atoms with Crippen LogP contribution in [0.2, 0.25) is 0 Å². The van der Waals surface area contributed by atoms with E-state index in [0.717, 1.165) is 11.3 Å². The first-order valence-corrected chi connectivity index (χ1v) is 12.6. The third-order valence-electron chi connectivity index (χ3n) is 5.47. The Morgan fingerprint density at radius 3 is 2.63 bits per heavy atom. The van der Waals surface area contributed by atoms with Crippen molar-refractivity contribution in [2.45, 2.75) is 56.3 Å². The zero-order valence-electron chi connectivity index (χ0n) is 18.2. The minimum Gasteiger partial charge on any atom is -0.354 e. The minimum atomic E-state index is -0.637. The van der Waals surface area contributed by atoms with E-state index in [1.165, 1.54) is 0 Å². The summed E-state index contributed by atoms with van der Waals surface area (Å²) in [7, 11) is 0. The predicted octanol–water partition coefficient (Wildman–Crippen LogP) is 3.05. The molecule has 1 saturated heterocycles. The normalized spacial score (nSPS) is 22.6. The lowest BCUT2D eigenvalue weighted by Crippen LogP contribution is -2.57. The number of thioether (sulfide) groups is 2. The molecule has 0 saturated carbocycles. The fourth-order valence-electron chi connectivity index (χ4n) is 3.99. The third kappa shape index (κ3) is 4.49. The van der Waals surface area contributed by atoms with Gasteiger partial charge in [-0.1, -0.05) is 32.0 Å². The molecule has 3 atom stereocenters. The van der Waals surface area contributed by atoms with Gasteiger partial charge in [0.15, 0.2) is 0 Å². The Hall–Kier alpha value is -1.67. The highest BCUT2D eigenvalue weighted by Crippen LogP contribution is 2.56. The fraction of sp³-hybridized carbons (Fsp3) is 0.591. The second-order valence-corrected chi connectivity index (χ2v) is 11.5. The van der Waals surface area contributed by atoms with Crippen molar-refractivity contribution in [3.8, 4) is 0 Å². The number of carbonyl (C=O) groups excluding carboxylic acids is 3. The molecule has 30 heavy (non-hydrogen) atoms. The van der Waals surface area contributed by atoms with Gasteiger partial charge in [-0.05, 0) is 49.8 Å². The van der Waals surface area contributed by atoms with Crippen molar-refractivity contribution >= 4 is 41.2 Å². The van der Waals surface area contributed by atoms with Crippen molar-refractivity contribution < 1.29 is 14.4 Å². The van der Waals surface area contributed by atoms with Gasteiger partial charge in [0, 0.05) is 16.9 Å². The lowest BCUT2D eigenvalue weighted by molar-refractivity contribution is -0.131. The number of nitrogens with zero attached hydrogens (tertiary/aromatic N) is 1. The molecule has 0 aliphatic carbocycles. The van der Waals surface area contributed by atoms with Crippen molar-refractivity contribution in [1.29, 1.82) is 0 Å². The molecule has 0 spiro atoms. The van der Waals surface area contributed by atoms with Gasteiger partial charge < -0.3 is 15.5 Å². The molecule has 2 heterocycles. The summed E-state index contributed by atoms with van der Waals surface area (Å²) < 4.78 is -0.462. The molecule has 164 valence electrons. The fourth-order valence-corrected chi connectivity index (χ4v) is 6.05. The summed E-state index contributed by atoms with van der Waals surface area (Å²) in [6.07, 6.45) is 2.53. The lowest BCUT2D eigenvalue weighted by Gasteiger charge is -2.31. The van der Waals surface area contributed by atoms with Crippen LogP contribution >= 0.6 is 23.5 Å². The molecule has 8 heteroatoms. The van der Waals surface area contributed by atoms with Crippen LogP contribution in [0.5, 0.6) is 0 Å². The van der Waals surface area contributed by atoms with Gasteiger partial charge >= 0.3 is 0 Å². The van der Waals surface area contributed by atoms with E-state index in [1.807, 2.05) is 58.2 Å². The summed E-state index contributed by atoms with van der Waals surface area (Å²) in [5.74, 6) is 0.555. The largest absolute Gasteiger partial charge is 0.354 e. The second-order valence-electron chi connectivity index (χ2n) is 8.76. The molecule has 2 aliphatic rings. The number of benzene rings is 1. The van der Waals surface area contributed by atoms with Crippen LogP contribution in [0, 0.1) is 5.92 Å². The highest BCUT2D eigenvalue weighted by Gasteiger charge is 2.57.